The molecule has 114 valence electrons. The zero-order valence-electron chi connectivity index (χ0n) is 13.6. The molecule has 0 aromatic heterocycles. The van der Waals surface area contributed by atoms with Crippen LogP contribution in [0.5, 0.6) is 0 Å². The molecule has 0 radical (unpaired) electrons. The number of nitrogens with two attached hydrogens (primary N) is 1. The zero-order valence-corrected chi connectivity index (χ0v) is 13.6. The van der Waals surface area contributed by atoms with E-state index in [1.165, 1.54) is 16.3 Å². The average Bonchev–Trinajstić information content (AvgIpc) is 2.51. The summed E-state index contributed by atoms with van der Waals surface area (Å²) in [5.41, 5.74) is 7.79. The summed E-state index contributed by atoms with van der Waals surface area (Å²) in [6, 6.07) is 15.3. The van der Waals surface area contributed by atoms with E-state index in [-0.39, 0.29) is 5.41 Å². The van der Waals surface area contributed by atoms with Crippen molar-refractivity contribution in [3.05, 3.63) is 48.0 Å². The lowest BCUT2D eigenvalue weighted by Gasteiger charge is -2.35. The predicted octanol–water partition coefficient (Wildman–Crippen LogP) is 3.79. The highest BCUT2D eigenvalue weighted by atomic mass is 15.0. The Hall–Kier alpha value is -1.38. The first-order valence-electron chi connectivity index (χ1n) is 7.96. The minimum Gasteiger partial charge on any atom is -0.330 e. The van der Waals surface area contributed by atoms with Gasteiger partial charge in [0.15, 0.2) is 0 Å². The Morgan fingerprint density at radius 2 is 1.71 bits per heavy atom. The van der Waals surface area contributed by atoms with Gasteiger partial charge in [-0.15, -0.1) is 0 Å². The Morgan fingerprint density at radius 1 is 1.00 bits per heavy atom. The van der Waals surface area contributed by atoms with Crippen LogP contribution in [0.4, 0.5) is 0 Å². The van der Waals surface area contributed by atoms with Crippen LogP contribution in [-0.2, 0) is 5.41 Å². The number of hydrogen-bond acceptors (Lipinski definition) is 2. The van der Waals surface area contributed by atoms with Gasteiger partial charge in [-0.2, -0.15) is 0 Å². The van der Waals surface area contributed by atoms with Gasteiger partial charge in [0.1, 0.15) is 0 Å². The largest absolute Gasteiger partial charge is 0.330 e. The molecule has 0 aliphatic heterocycles. The van der Waals surface area contributed by atoms with Gasteiger partial charge in [-0.05, 0) is 49.8 Å². The lowest BCUT2D eigenvalue weighted by Crippen LogP contribution is -2.38. The molecule has 21 heavy (non-hydrogen) atoms. The van der Waals surface area contributed by atoms with Crippen molar-refractivity contribution in [3.63, 3.8) is 0 Å². The van der Waals surface area contributed by atoms with Crippen molar-refractivity contribution < 1.29 is 0 Å². The summed E-state index contributed by atoms with van der Waals surface area (Å²) >= 11 is 0. The van der Waals surface area contributed by atoms with Crippen LogP contribution < -0.4 is 5.73 Å². The minimum atomic E-state index is 0.0832. The average molecular weight is 284 g/mol. The number of nitrogens with zero attached hydrogens (tertiary/aromatic N) is 1. The van der Waals surface area contributed by atoms with E-state index < -0.39 is 0 Å². The maximum Gasteiger partial charge on any atom is 0.00937 e. The normalized spacial score (nSPS) is 14.5. The molecule has 2 rings (SSSR count). The summed E-state index contributed by atoms with van der Waals surface area (Å²) in [5, 5.41) is 2.67. The van der Waals surface area contributed by atoms with E-state index in [0.717, 1.165) is 25.8 Å². The minimum absolute atomic E-state index is 0.0832. The van der Waals surface area contributed by atoms with E-state index in [0.29, 0.717) is 6.54 Å². The molecule has 0 saturated heterocycles. The Bertz CT molecular complexity index is 571. The molecule has 0 amide bonds. The molecular formula is C19H28N2. The molecule has 0 heterocycles. The van der Waals surface area contributed by atoms with Crippen molar-refractivity contribution in [1.82, 2.24) is 4.90 Å². The molecule has 0 aliphatic carbocycles. The Kier molecular flexibility index (Phi) is 5.38. The van der Waals surface area contributed by atoms with E-state index in [9.17, 15) is 0 Å². The standard InChI is InChI=1S/C19H28N2/c1-4-12-19(15-20,13-14-21(2)3)18-11-7-9-16-8-5-6-10-17(16)18/h5-11H,4,12-15,20H2,1-3H3/t19-/m1/s1. The van der Waals surface area contributed by atoms with Crippen molar-refractivity contribution in [2.75, 3.05) is 27.2 Å². The molecule has 0 unspecified atom stereocenters. The van der Waals surface area contributed by atoms with Crippen molar-refractivity contribution in [2.45, 2.75) is 31.6 Å². The van der Waals surface area contributed by atoms with E-state index >= 15 is 0 Å². The summed E-state index contributed by atoms with van der Waals surface area (Å²) in [4.78, 5) is 2.26. The molecule has 2 aromatic rings. The van der Waals surface area contributed by atoms with Gasteiger partial charge < -0.3 is 10.6 Å². The monoisotopic (exact) mass is 284 g/mol. The number of hydrogen-bond donors (Lipinski definition) is 1. The molecule has 2 N–H and O–H groups in total. The molecule has 0 bridgehead atoms. The molecule has 0 spiro atoms. The van der Waals surface area contributed by atoms with Crippen molar-refractivity contribution in [2.24, 2.45) is 5.73 Å². The second-order valence-electron chi connectivity index (χ2n) is 6.31. The van der Waals surface area contributed by atoms with Gasteiger partial charge in [0.2, 0.25) is 0 Å². The smallest absolute Gasteiger partial charge is 0.00937 e. The highest BCUT2D eigenvalue weighted by molar-refractivity contribution is 5.86. The molecule has 1 atom stereocenters. The Balaban J connectivity index is 2.52. The third-order valence-electron chi connectivity index (χ3n) is 4.52. The van der Waals surface area contributed by atoms with Crippen LogP contribution in [0.1, 0.15) is 31.7 Å². The van der Waals surface area contributed by atoms with Crippen LogP contribution in [0.15, 0.2) is 42.5 Å². The molecular weight excluding hydrogens is 256 g/mol. The number of fused-ring (bicyclic) bond motifs is 1. The van der Waals surface area contributed by atoms with Gasteiger partial charge in [-0.3, -0.25) is 0 Å². The topological polar surface area (TPSA) is 29.3 Å². The Morgan fingerprint density at radius 3 is 2.38 bits per heavy atom. The van der Waals surface area contributed by atoms with Gasteiger partial charge in [0.25, 0.3) is 0 Å². The van der Waals surface area contributed by atoms with E-state index in [1.807, 2.05) is 0 Å². The predicted molar refractivity (Wildman–Crippen MR) is 92.8 cm³/mol. The first kappa shape index (κ1) is 16.0. The van der Waals surface area contributed by atoms with E-state index in [1.54, 1.807) is 0 Å². The highest BCUT2D eigenvalue weighted by Gasteiger charge is 2.31. The Labute approximate surface area is 128 Å². The van der Waals surface area contributed by atoms with Crippen LogP contribution in [-0.4, -0.2) is 32.1 Å². The fourth-order valence-electron chi connectivity index (χ4n) is 3.31. The molecule has 2 heteroatoms. The molecule has 0 aliphatic rings. The van der Waals surface area contributed by atoms with Crippen LogP contribution in [0.2, 0.25) is 0 Å². The van der Waals surface area contributed by atoms with Crippen LogP contribution >= 0.6 is 0 Å². The summed E-state index contributed by atoms with van der Waals surface area (Å²) in [6.07, 6.45) is 3.41. The highest BCUT2D eigenvalue weighted by Crippen LogP contribution is 2.36. The first-order valence-corrected chi connectivity index (χ1v) is 7.96. The van der Waals surface area contributed by atoms with E-state index in [2.05, 4.69) is 68.4 Å². The first-order chi connectivity index (χ1) is 10.1. The maximum atomic E-state index is 6.28. The fraction of sp³-hybridized carbons (Fsp3) is 0.474. The van der Waals surface area contributed by atoms with Gasteiger partial charge in [-0.1, -0.05) is 55.8 Å². The number of benzene rings is 2. The van der Waals surface area contributed by atoms with Crippen LogP contribution in [0, 0.1) is 0 Å². The third-order valence-corrected chi connectivity index (χ3v) is 4.52. The summed E-state index contributed by atoms with van der Waals surface area (Å²) in [7, 11) is 4.27. The maximum absolute atomic E-state index is 6.28. The quantitative estimate of drug-likeness (QED) is 0.838. The molecule has 2 aromatic carbocycles. The van der Waals surface area contributed by atoms with E-state index in [4.69, 9.17) is 5.73 Å². The lowest BCUT2D eigenvalue weighted by molar-refractivity contribution is 0.302. The second kappa shape index (κ2) is 7.06. The van der Waals surface area contributed by atoms with Gasteiger partial charge in [0, 0.05) is 12.0 Å². The molecule has 2 nitrogen and oxygen atoms in total. The fourth-order valence-corrected chi connectivity index (χ4v) is 3.31. The summed E-state index contributed by atoms with van der Waals surface area (Å²) in [5.74, 6) is 0. The van der Waals surface area contributed by atoms with Gasteiger partial charge in [0.05, 0.1) is 0 Å². The van der Waals surface area contributed by atoms with Gasteiger partial charge in [-0.25, -0.2) is 0 Å². The van der Waals surface area contributed by atoms with Crippen molar-refractivity contribution in [1.29, 1.82) is 0 Å². The SMILES string of the molecule is CCC[C@](CN)(CCN(C)C)c1cccc2ccccc12. The lowest BCUT2D eigenvalue weighted by atomic mass is 9.72. The summed E-state index contributed by atoms with van der Waals surface area (Å²) < 4.78 is 0. The zero-order chi connectivity index (χ0) is 15.3. The van der Waals surface area contributed by atoms with Crippen molar-refractivity contribution >= 4 is 10.8 Å². The summed E-state index contributed by atoms with van der Waals surface area (Å²) in [6.45, 7) is 4.04. The molecule has 0 fully saturated rings. The van der Waals surface area contributed by atoms with Crippen molar-refractivity contribution in [3.8, 4) is 0 Å². The van der Waals surface area contributed by atoms with Crippen LogP contribution in [0.3, 0.4) is 0 Å². The van der Waals surface area contributed by atoms with Gasteiger partial charge >= 0.3 is 0 Å². The second-order valence-corrected chi connectivity index (χ2v) is 6.31. The molecule has 0 saturated carbocycles. The number of rotatable bonds is 7. The van der Waals surface area contributed by atoms with Crippen LogP contribution in [0.25, 0.3) is 10.8 Å². The third kappa shape index (κ3) is 3.45.